The molecule has 0 atom stereocenters. The van der Waals surface area contributed by atoms with Gasteiger partial charge in [0.1, 0.15) is 0 Å². The van der Waals surface area contributed by atoms with Crippen LogP contribution in [-0.2, 0) is 0 Å². The van der Waals surface area contributed by atoms with Crippen molar-refractivity contribution in [2.75, 3.05) is 0 Å². The molecule has 0 unspecified atom stereocenters. The second-order valence-corrected chi connectivity index (χ2v) is 26.2. The predicted octanol–water partition coefficient (Wildman–Crippen LogP) is 13.4. The van der Waals surface area contributed by atoms with Gasteiger partial charge in [-0.15, -0.1) is 0 Å². The van der Waals surface area contributed by atoms with Gasteiger partial charge in [0.2, 0.25) is 0 Å². The van der Waals surface area contributed by atoms with E-state index in [2.05, 4.69) is 364 Å². The SMILES string of the molecule is [Na].c1ccc(P(c2ccccc2)c2ccccc2)cc1.c1ccc(P(c2ccccc2)c2ccccc2)cc1.c1ccc(P(c2ccccc2)c2ccccc2)cc1.c1ccc(P(c2ccccc2)c2ccccc2)cc1. The summed E-state index contributed by atoms with van der Waals surface area (Å²) in [5.41, 5.74) is 0. The molecule has 0 aromatic heterocycles. The second-order valence-electron chi connectivity index (χ2n) is 17.4. The third kappa shape index (κ3) is 16.7. The Bertz CT molecular complexity index is 2580. The Balaban J connectivity index is 0.000000135. The van der Waals surface area contributed by atoms with Crippen LogP contribution in [0.15, 0.2) is 364 Å². The molecule has 0 aliphatic carbocycles. The first-order chi connectivity index (χ1) is 37.8. The van der Waals surface area contributed by atoms with E-state index in [0.717, 1.165) is 0 Å². The summed E-state index contributed by atoms with van der Waals surface area (Å²) < 4.78 is 0. The maximum atomic E-state index is 2.23. The van der Waals surface area contributed by atoms with Gasteiger partial charge in [-0.05, 0) is 95.3 Å². The van der Waals surface area contributed by atoms with Crippen molar-refractivity contribution >= 4 is 125 Å². The van der Waals surface area contributed by atoms with E-state index in [-0.39, 0.29) is 29.6 Å². The van der Waals surface area contributed by atoms with Gasteiger partial charge < -0.3 is 0 Å². The van der Waals surface area contributed by atoms with Crippen LogP contribution in [0.25, 0.3) is 0 Å². The Kier molecular flexibility index (Phi) is 23.2. The fraction of sp³-hybridized carbons (Fsp3) is 0. The Morgan fingerprint density at radius 2 is 0.169 bits per heavy atom. The fourth-order valence-electron chi connectivity index (χ4n) is 8.71. The average Bonchev–Trinajstić information content (AvgIpc) is 3.51. The van der Waals surface area contributed by atoms with Crippen molar-refractivity contribution in [2.24, 2.45) is 0 Å². The summed E-state index contributed by atoms with van der Waals surface area (Å²) in [5, 5.41) is 16.8. The van der Waals surface area contributed by atoms with Crippen molar-refractivity contribution in [2.45, 2.75) is 0 Å². The molecule has 5 heteroatoms. The van der Waals surface area contributed by atoms with Crippen molar-refractivity contribution in [1.29, 1.82) is 0 Å². The molecule has 77 heavy (non-hydrogen) atoms. The standard InChI is InChI=1S/4C18H15P.Na/c4*1-4-10-16(11-5-1)19(17-12-6-2-7-13-17)18-14-8-3-9-15-18;/h4*1-15H;. The van der Waals surface area contributed by atoms with E-state index in [1.165, 1.54) is 63.7 Å². The maximum absolute atomic E-state index is 2.23. The molecule has 12 aromatic carbocycles. The fourth-order valence-corrected chi connectivity index (χ4v) is 17.9. The van der Waals surface area contributed by atoms with E-state index in [4.69, 9.17) is 0 Å². The maximum Gasteiger partial charge on any atom is 0 e. The Hall–Kier alpha value is -6.64. The first-order valence-electron chi connectivity index (χ1n) is 25.6. The van der Waals surface area contributed by atoms with Crippen LogP contribution in [-0.4, -0.2) is 29.6 Å². The van der Waals surface area contributed by atoms with Crippen LogP contribution >= 0.6 is 31.7 Å². The van der Waals surface area contributed by atoms with Gasteiger partial charge in [0.15, 0.2) is 0 Å². The third-order valence-electron chi connectivity index (χ3n) is 12.2. The normalized spacial score (nSPS) is 10.4. The van der Waals surface area contributed by atoms with Gasteiger partial charge >= 0.3 is 0 Å². The van der Waals surface area contributed by atoms with Crippen molar-refractivity contribution in [1.82, 2.24) is 0 Å². The second kappa shape index (κ2) is 31.5. The first kappa shape index (κ1) is 56.6. The molecule has 0 fully saturated rings. The quantitative estimate of drug-likeness (QED) is 0.0845. The van der Waals surface area contributed by atoms with Crippen molar-refractivity contribution in [3.63, 3.8) is 0 Å². The van der Waals surface area contributed by atoms with E-state index in [1.807, 2.05) is 0 Å². The number of rotatable bonds is 12. The van der Waals surface area contributed by atoms with E-state index >= 15 is 0 Å². The molecule has 1 radical (unpaired) electrons. The van der Waals surface area contributed by atoms with E-state index in [1.54, 1.807) is 0 Å². The molecule has 0 bridgehead atoms. The van der Waals surface area contributed by atoms with Gasteiger partial charge in [-0.1, -0.05) is 364 Å². The minimum absolute atomic E-state index is 0. The van der Waals surface area contributed by atoms with Crippen LogP contribution in [0.1, 0.15) is 0 Å². The Labute approximate surface area is 484 Å². The topological polar surface area (TPSA) is 0 Å². The first-order valence-corrected chi connectivity index (χ1v) is 31.0. The summed E-state index contributed by atoms with van der Waals surface area (Å²) in [6, 6.07) is 129. The van der Waals surface area contributed by atoms with Gasteiger partial charge in [-0.2, -0.15) is 0 Å². The van der Waals surface area contributed by atoms with Gasteiger partial charge in [-0.25, -0.2) is 0 Å². The van der Waals surface area contributed by atoms with Crippen LogP contribution in [0.3, 0.4) is 0 Å². The Morgan fingerprint density at radius 1 is 0.104 bits per heavy atom. The molecule has 0 saturated heterocycles. The summed E-state index contributed by atoms with van der Waals surface area (Å²) >= 11 is 0. The molecule has 0 heterocycles. The van der Waals surface area contributed by atoms with Gasteiger partial charge in [0.05, 0.1) is 0 Å². The molecule has 0 spiro atoms. The van der Waals surface area contributed by atoms with E-state index < -0.39 is 31.7 Å². The minimum Gasteiger partial charge on any atom is -0.0622 e. The monoisotopic (exact) mass is 1070 g/mol. The largest absolute Gasteiger partial charge is 0.0622 e. The molecule has 0 nitrogen and oxygen atoms in total. The summed E-state index contributed by atoms with van der Waals surface area (Å²) in [5.74, 6) is 0. The molecule has 0 aliphatic rings. The van der Waals surface area contributed by atoms with Crippen molar-refractivity contribution < 1.29 is 0 Å². The molecular weight excluding hydrogens is 1010 g/mol. The third-order valence-corrected chi connectivity index (χ3v) is 21.9. The summed E-state index contributed by atoms with van der Waals surface area (Å²) in [6.45, 7) is 0. The van der Waals surface area contributed by atoms with E-state index in [9.17, 15) is 0 Å². The molecule has 0 saturated carbocycles. The van der Waals surface area contributed by atoms with E-state index in [0.29, 0.717) is 0 Å². The van der Waals surface area contributed by atoms with Gasteiger partial charge in [0, 0.05) is 29.6 Å². The van der Waals surface area contributed by atoms with Crippen LogP contribution in [0, 0.1) is 0 Å². The van der Waals surface area contributed by atoms with Gasteiger partial charge in [0.25, 0.3) is 0 Å². The zero-order chi connectivity index (χ0) is 51.7. The zero-order valence-corrected chi connectivity index (χ0v) is 49.0. The van der Waals surface area contributed by atoms with Crippen LogP contribution < -0.4 is 63.7 Å². The smallest absolute Gasteiger partial charge is 0 e. The molecule has 369 valence electrons. The minimum atomic E-state index is -0.446. The average molecular weight is 1070 g/mol. The summed E-state index contributed by atoms with van der Waals surface area (Å²) in [7, 11) is -1.78. The zero-order valence-electron chi connectivity index (χ0n) is 43.4. The molecule has 12 aromatic rings. The van der Waals surface area contributed by atoms with Crippen LogP contribution in [0.2, 0.25) is 0 Å². The van der Waals surface area contributed by atoms with Gasteiger partial charge in [-0.3, -0.25) is 0 Å². The van der Waals surface area contributed by atoms with Crippen LogP contribution in [0.4, 0.5) is 0 Å². The molecule has 12 rings (SSSR count). The Morgan fingerprint density at radius 3 is 0.234 bits per heavy atom. The number of hydrogen-bond acceptors (Lipinski definition) is 0. The predicted molar refractivity (Wildman–Crippen MR) is 346 cm³/mol. The number of benzene rings is 12. The summed E-state index contributed by atoms with van der Waals surface area (Å²) in [6.07, 6.45) is 0. The molecule has 0 amide bonds. The van der Waals surface area contributed by atoms with Crippen molar-refractivity contribution in [3.05, 3.63) is 364 Å². The van der Waals surface area contributed by atoms with Crippen molar-refractivity contribution in [3.8, 4) is 0 Å². The molecular formula is C72H60NaP4. The van der Waals surface area contributed by atoms with Crippen LogP contribution in [0.5, 0.6) is 0 Å². The summed E-state index contributed by atoms with van der Waals surface area (Å²) in [4.78, 5) is 0. The number of hydrogen-bond donors (Lipinski definition) is 0. The molecule has 0 aliphatic heterocycles. The molecule has 0 N–H and O–H groups in total.